The lowest BCUT2D eigenvalue weighted by Crippen LogP contribution is -2.67. The number of carbonyl (C=O) groups is 2. The molecule has 5 heterocycles. The van der Waals surface area contributed by atoms with Gasteiger partial charge in [-0.1, -0.05) is 65.7 Å². The average molecular weight is 716 g/mol. The summed E-state index contributed by atoms with van der Waals surface area (Å²) in [6, 6.07) is 19.8. The molecule has 3 saturated heterocycles. The molecular formula is C38H40Cl2N6O4. The topological polar surface area (TPSA) is 118 Å². The quantitative estimate of drug-likeness (QED) is 0.168. The fourth-order valence-electron chi connectivity index (χ4n) is 7.31. The molecule has 3 N–H and O–H groups in total. The smallest absolute Gasteiger partial charge is 0.220 e. The second-order valence-electron chi connectivity index (χ2n) is 13.3. The number of hydrogen-bond acceptors (Lipinski definition) is 8. The Morgan fingerprint density at radius 3 is 2.06 bits per heavy atom. The first-order valence-corrected chi connectivity index (χ1v) is 17.7. The number of carbonyl (C=O) groups excluding carboxylic acids is 2. The van der Waals surface area contributed by atoms with Crippen molar-refractivity contribution in [2.24, 2.45) is 0 Å². The number of halogens is 2. The Balaban J connectivity index is 1.11. The van der Waals surface area contributed by atoms with Crippen LogP contribution in [0, 0.1) is 0 Å². The molecule has 2 atom stereocenters. The Hall–Kier alpha value is -4.22. The third kappa shape index (κ3) is 6.65. The van der Waals surface area contributed by atoms with Crippen molar-refractivity contribution >= 4 is 35.0 Å². The molecule has 0 saturated carbocycles. The molecule has 1 spiro atoms. The van der Waals surface area contributed by atoms with Crippen molar-refractivity contribution in [1.82, 2.24) is 30.8 Å². The normalized spacial score (nSPS) is 18.9. The van der Waals surface area contributed by atoms with Crippen LogP contribution in [0.2, 0.25) is 10.0 Å². The predicted molar refractivity (Wildman–Crippen MR) is 194 cm³/mol. The molecule has 1 unspecified atom stereocenters. The van der Waals surface area contributed by atoms with E-state index < -0.39 is 0 Å². The highest BCUT2D eigenvalue weighted by Crippen LogP contribution is 2.43. The maximum absolute atomic E-state index is 11.8. The van der Waals surface area contributed by atoms with E-state index in [1.807, 2.05) is 60.7 Å². The van der Waals surface area contributed by atoms with E-state index in [2.05, 4.69) is 27.8 Å². The molecule has 0 radical (unpaired) electrons. The number of likely N-dealkylation sites (tertiary alicyclic amines) is 1. The van der Waals surface area contributed by atoms with Crippen LogP contribution in [0.4, 0.5) is 0 Å². The summed E-state index contributed by atoms with van der Waals surface area (Å²) in [6.45, 7) is 4.99. The molecule has 10 nitrogen and oxygen atoms in total. The highest BCUT2D eigenvalue weighted by atomic mass is 35.5. The number of nitrogens with one attached hydrogen (secondary N) is 3. The van der Waals surface area contributed by atoms with Gasteiger partial charge in [0, 0.05) is 84.5 Å². The molecule has 2 aromatic carbocycles. The fourth-order valence-corrected chi connectivity index (χ4v) is 7.96. The number of rotatable bonds is 11. The van der Waals surface area contributed by atoms with Crippen LogP contribution in [0.3, 0.4) is 0 Å². The molecule has 50 heavy (non-hydrogen) atoms. The third-order valence-electron chi connectivity index (χ3n) is 10.1. The SMILES string of the molecule is COc1nc(-c2cccc(-c3cccc(-c4ccc(C(C)N5CC6(CCC(=O)N6)C5)c(OC)n4)c3Cl)c2Cl)ccc1CNC[C@H]1CCC(=O)N1. The zero-order chi connectivity index (χ0) is 35.0. The monoisotopic (exact) mass is 714 g/mol. The van der Waals surface area contributed by atoms with Crippen LogP contribution in [-0.4, -0.2) is 72.1 Å². The molecule has 0 aliphatic carbocycles. The van der Waals surface area contributed by atoms with E-state index in [9.17, 15) is 9.59 Å². The van der Waals surface area contributed by atoms with E-state index in [1.54, 1.807) is 14.2 Å². The molecule has 7 rings (SSSR count). The lowest BCUT2D eigenvalue weighted by molar-refractivity contribution is -0.121. The lowest BCUT2D eigenvalue weighted by Gasteiger charge is -2.50. The molecule has 3 aliphatic rings. The molecule has 260 valence electrons. The van der Waals surface area contributed by atoms with Gasteiger partial charge in [-0.25, -0.2) is 9.97 Å². The number of pyridine rings is 2. The van der Waals surface area contributed by atoms with Crippen molar-refractivity contribution in [1.29, 1.82) is 0 Å². The molecular weight excluding hydrogens is 675 g/mol. The van der Waals surface area contributed by atoms with Crippen molar-refractivity contribution in [3.63, 3.8) is 0 Å². The Labute approximate surface area is 301 Å². The standard InChI is InChI=1S/C38H40Cl2N6O4/c1-22(46-20-38(21-46)17-16-33(48)45-38)25-12-14-31(44-37(25)50-3)29-9-5-7-27(35(29)40)26-6-4-8-28(34(26)39)30-13-10-23(36(43-30)49-2)18-41-19-24-11-15-32(47)42-24/h4-10,12-14,22,24,41H,11,15-21H2,1-3H3,(H,42,47)(H,45,48)/t22?,24-/m1/s1. The lowest BCUT2D eigenvalue weighted by atomic mass is 9.86. The maximum Gasteiger partial charge on any atom is 0.220 e. The maximum atomic E-state index is 11.8. The van der Waals surface area contributed by atoms with E-state index in [1.165, 1.54) is 0 Å². The van der Waals surface area contributed by atoms with Crippen molar-refractivity contribution in [3.05, 3.63) is 81.8 Å². The number of methoxy groups -OCH3 is 2. The number of benzene rings is 2. The van der Waals surface area contributed by atoms with Gasteiger partial charge in [-0.2, -0.15) is 0 Å². The Morgan fingerprint density at radius 2 is 1.48 bits per heavy atom. The summed E-state index contributed by atoms with van der Waals surface area (Å²) < 4.78 is 11.4. The predicted octanol–water partition coefficient (Wildman–Crippen LogP) is 6.20. The zero-order valence-corrected chi connectivity index (χ0v) is 29.8. The van der Waals surface area contributed by atoms with Gasteiger partial charge in [-0.15, -0.1) is 0 Å². The first-order chi connectivity index (χ1) is 24.2. The zero-order valence-electron chi connectivity index (χ0n) is 28.3. The van der Waals surface area contributed by atoms with Gasteiger partial charge in [0.15, 0.2) is 0 Å². The minimum atomic E-state index is -0.0989. The summed E-state index contributed by atoms with van der Waals surface area (Å²) in [6.07, 6.45) is 2.88. The first-order valence-electron chi connectivity index (χ1n) is 16.9. The highest BCUT2D eigenvalue weighted by Gasteiger charge is 2.49. The van der Waals surface area contributed by atoms with Crippen LogP contribution in [0.15, 0.2) is 60.7 Å². The van der Waals surface area contributed by atoms with Gasteiger partial charge in [0.1, 0.15) is 0 Å². The minimum absolute atomic E-state index is 0.0664. The summed E-state index contributed by atoms with van der Waals surface area (Å²) in [4.78, 5) is 35.4. The first kappa shape index (κ1) is 34.2. The van der Waals surface area contributed by atoms with Crippen molar-refractivity contribution < 1.29 is 19.1 Å². The molecule has 3 fully saturated rings. The van der Waals surface area contributed by atoms with E-state index in [0.717, 1.165) is 59.3 Å². The third-order valence-corrected chi connectivity index (χ3v) is 10.9. The molecule has 2 amide bonds. The summed E-state index contributed by atoms with van der Waals surface area (Å²) in [5.41, 5.74) is 6.19. The van der Waals surface area contributed by atoms with Gasteiger partial charge in [0.05, 0.1) is 41.2 Å². The largest absolute Gasteiger partial charge is 0.481 e. The number of amides is 2. The second kappa shape index (κ2) is 14.2. The van der Waals surface area contributed by atoms with Crippen LogP contribution in [-0.2, 0) is 16.1 Å². The second-order valence-corrected chi connectivity index (χ2v) is 14.1. The molecule has 2 aromatic heterocycles. The Bertz CT molecular complexity index is 1950. The highest BCUT2D eigenvalue weighted by molar-refractivity contribution is 6.39. The van der Waals surface area contributed by atoms with Gasteiger partial charge in [0.2, 0.25) is 23.6 Å². The summed E-state index contributed by atoms with van der Waals surface area (Å²) in [5.74, 6) is 1.28. The van der Waals surface area contributed by atoms with Gasteiger partial charge in [-0.05, 0) is 38.0 Å². The van der Waals surface area contributed by atoms with Crippen LogP contribution < -0.4 is 25.4 Å². The summed E-state index contributed by atoms with van der Waals surface area (Å²) in [5, 5.41) is 10.6. The van der Waals surface area contributed by atoms with Gasteiger partial charge < -0.3 is 25.4 Å². The molecule has 4 aromatic rings. The number of ether oxygens (including phenoxy) is 2. The fraction of sp³-hybridized carbons (Fsp3) is 0.368. The summed E-state index contributed by atoms with van der Waals surface area (Å²) in [7, 11) is 3.23. The van der Waals surface area contributed by atoms with Gasteiger partial charge in [-0.3, -0.25) is 14.5 Å². The Morgan fingerprint density at radius 1 is 0.860 bits per heavy atom. The van der Waals surface area contributed by atoms with Crippen LogP contribution in [0.25, 0.3) is 33.6 Å². The van der Waals surface area contributed by atoms with E-state index in [-0.39, 0.29) is 29.4 Å². The van der Waals surface area contributed by atoms with E-state index >= 15 is 0 Å². The van der Waals surface area contributed by atoms with Crippen LogP contribution in [0.5, 0.6) is 11.8 Å². The van der Waals surface area contributed by atoms with Gasteiger partial charge in [0.25, 0.3) is 0 Å². The summed E-state index contributed by atoms with van der Waals surface area (Å²) >= 11 is 14.2. The van der Waals surface area contributed by atoms with E-state index in [0.29, 0.717) is 59.1 Å². The molecule has 12 heteroatoms. The number of aromatic nitrogens is 2. The van der Waals surface area contributed by atoms with Crippen molar-refractivity contribution in [2.75, 3.05) is 33.9 Å². The number of nitrogens with zero attached hydrogens (tertiary/aromatic N) is 3. The number of hydrogen-bond donors (Lipinski definition) is 3. The van der Waals surface area contributed by atoms with Crippen LogP contribution in [0.1, 0.15) is 49.8 Å². The van der Waals surface area contributed by atoms with E-state index in [4.69, 9.17) is 42.6 Å². The molecule has 0 bridgehead atoms. The molecule has 3 aliphatic heterocycles. The van der Waals surface area contributed by atoms with Crippen molar-refractivity contribution in [3.8, 4) is 45.4 Å². The van der Waals surface area contributed by atoms with Crippen molar-refractivity contribution in [2.45, 2.75) is 56.8 Å². The Kier molecular flexibility index (Phi) is 9.72. The van der Waals surface area contributed by atoms with Gasteiger partial charge >= 0.3 is 0 Å². The minimum Gasteiger partial charge on any atom is -0.481 e. The average Bonchev–Trinajstić information content (AvgIpc) is 3.72. The van der Waals surface area contributed by atoms with Crippen LogP contribution >= 0.6 is 23.2 Å².